The molecule has 5 heteroatoms. The molecule has 1 aliphatic carbocycles. The molecule has 0 atom stereocenters. The number of anilines is 1. The Morgan fingerprint density at radius 1 is 1.56 bits per heavy atom. The number of nitrogens with two attached hydrogens (primary N) is 1. The van der Waals surface area contributed by atoms with Gasteiger partial charge in [0.1, 0.15) is 0 Å². The fourth-order valence-corrected chi connectivity index (χ4v) is 1.73. The third kappa shape index (κ3) is 2.30. The lowest BCUT2D eigenvalue weighted by Gasteiger charge is -2.25. The second-order valence-electron chi connectivity index (χ2n) is 4.07. The molecule has 86 valence electrons. The molecule has 0 aromatic carbocycles. The molecular weight excluding hydrogens is 204 g/mol. The van der Waals surface area contributed by atoms with Crippen molar-refractivity contribution >= 4 is 11.6 Å². The lowest BCUT2D eigenvalue weighted by Crippen LogP contribution is -2.32. The standard InChI is InChI=1S/C11H16N4O/c12-15-10-4-5-13-7-9(10)11(16)14-6-8-2-1-3-8/h4-5,7-8H,1-3,6,12H2,(H,13,15)(H,14,16). The molecule has 0 unspecified atom stereocenters. The van der Waals surface area contributed by atoms with E-state index in [1.54, 1.807) is 12.3 Å². The summed E-state index contributed by atoms with van der Waals surface area (Å²) in [5.41, 5.74) is 3.58. The molecule has 0 saturated heterocycles. The van der Waals surface area contributed by atoms with E-state index in [1.807, 2.05) is 0 Å². The molecular formula is C11H16N4O. The van der Waals surface area contributed by atoms with Gasteiger partial charge in [0.2, 0.25) is 0 Å². The van der Waals surface area contributed by atoms with Crippen LogP contribution in [0.5, 0.6) is 0 Å². The smallest absolute Gasteiger partial charge is 0.255 e. The van der Waals surface area contributed by atoms with Crippen molar-refractivity contribution in [2.45, 2.75) is 19.3 Å². The van der Waals surface area contributed by atoms with Crippen LogP contribution in [0.15, 0.2) is 18.5 Å². The van der Waals surface area contributed by atoms with Crippen LogP contribution in [-0.4, -0.2) is 17.4 Å². The van der Waals surface area contributed by atoms with Gasteiger partial charge in [-0.15, -0.1) is 0 Å². The Labute approximate surface area is 94.4 Å². The predicted molar refractivity (Wildman–Crippen MR) is 61.7 cm³/mol. The van der Waals surface area contributed by atoms with Crippen LogP contribution in [0.3, 0.4) is 0 Å². The van der Waals surface area contributed by atoms with Crippen molar-refractivity contribution in [1.29, 1.82) is 0 Å². The zero-order valence-corrected chi connectivity index (χ0v) is 9.07. The van der Waals surface area contributed by atoms with Crippen molar-refractivity contribution in [2.24, 2.45) is 11.8 Å². The molecule has 2 rings (SSSR count). The maximum Gasteiger partial charge on any atom is 0.255 e. The SMILES string of the molecule is NNc1ccncc1C(=O)NCC1CCC1. The maximum atomic E-state index is 11.8. The van der Waals surface area contributed by atoms with E-state index in [1.165, 1.54) is 25.5 Å². The molecule has 1 aliphatic rings. The molecule has 4 N–H and O–H groups in total. The highest BCUT2D eigenvalue weighted by molar-refractivity contribution is 5.99. The van der Waals surface area contributed by atoms with Gasteiger partial charge < -0.3 is 10.7 Å². The van der Waals surface area contributed by atoms with E-state index in [0.29, 0.717) is 17.2 Å². The van der Waals surface area contributed by atoms with Crippen molar-refractivity contribution in [3.8, 4) is 0 Å². The zero-order chi connectivity index (χ0) is 11.4. The summed E-state index contributed by atoms with van der Waals surface area (Å²) < 4.78 is 0. The number of nitrogen functional groups attached to an aromatic ring is 1. The molecule has 1 fully saturated rings. The third-order valence-electron chi connectivity index (χ3n) is 3.00. The highest BCUT2D eigenvalue weighted by Crippen LogP contribution is 2.25. The second-order valence-corrected chi connectivity index (χ2v) is 4.07. The third-order valence-corrected chi connectivity index (χ3v) is 3.00. The number of carbonyl (C=O) groups excluding carboxylic acids is 1. The van der Waals surface area contributed by atoms with Gasteiger partial charge in [-0.3, -0.25) is 15.6 Å². The number of carbonyl (C=O) groups is 1. The highest BCUT2D eigenvalue weighted by atomic mass is 16.1. The molecule has 1 saturated carbocycles. The Balaban J connectivity index is 1.96. The Bertz CT molecular complexity index is 376. The van der Waals surface area contributed by atoms with Gasteiger partial charge in [0.05, 0.1) is 11.3 Å². The topological polar surface area (TPSA) is 80.0 Å². The molecule has 5 nitrogen and oxygen atoms in total. The summed E-state index contributed by atoms with van der Waals surface area (Å²) >= 11 is 0. The molecule has 1 aromatic heterocycles. The fraction of sp³-hybridized carbons (Fsp3) is 0.455. The van der Waals surface area contributed by atoms with Gasteiger partial charge >= 0.3 is 0 Å². The van der Waals surface area contributed by atoms with Crippen molar-refractivity contribution in [3.63, 3.8) is 0 Å². The Morgan fingerprint density at radius 3 is 3.00 bits per heavy atom. The van der Waals surface area contributed by atoms with E-state index in [9.17, 15) is 4.79 Å². The van der Waals surface area contributed by atoms with Crippen LogP contribution in [-0.2, 0) is 0 Å². The van der Waals surface area contributed by atoms with Crippen LogP contribution in [0.25, 0.3) is 0 Å². The van der Waals surface area contributed by atoms with Gasteiger partial charge in [0, 0.05) is 18.9 Å². The van der Waals surface area contributed by atoms with E-state index >= 15 is 0 Å². The van der Waals surface area contributed by atoms with Gasteiger partial charge in [-0.1, -0.05) is 6.42 Å². The molecule has 16 heavy (non-hydrogen) atoms. The number of hydrazine groups is 1. The molecule has 1 heterocycles. The summed E-state index contributed by atoms with van der Waals surface area (Å²) in [6.45, 7) is 0.748. The molecule has 1 amide bonds. The minimum atomic E-state index is -0.118. The average Bonchev–Trinajstić information content (AvgIpc) is 2.26. The number of rotatable bonds is 4. The van der Waals surface area contributed by atoms with Gasteiger partial charge in [-0.25, -0.2) is 0 Å². The number of nitrogens with zero attached hydrogens (tertiary/aromatic N) is 1. The molecule has 0 spiro atoms. The van der Waals surface area contributed by atoms with Crippen LogP contribution in [0, 0.1) is 5.92 Å². The minimum absolute atomic E-state index is 0.118. The van der Waals surface area contributed by atoms with Crippen LogP contribution in [0.4, 0.5) is 5.69 Å². The molecule has 0 bridgehead atoms. The number of nitrogens with one attached hydrogen (secondary N) is 2. The van der Waals surface area contributed by atoms with E-state index in [4.69, 9.17) is 5.84 Å². The first kappa shape index (κ1) is 10.9. The summed E-state index contributed by atoms with van der Waals surface area (Å²) in [5.74, 6) is 5.85. The number of hydrogen-bond acceptors (Lipinski definition) is 4. The quantitative estimate of drug-likeness (QED) is 0.520. The first-order valence-corrected chi connectivity index (χ1v) is 5.50. The fourth-order valence-electron chi connectivity index (χ4n) is 1.73. The Morgan fingerprint density at radius 2 is 2.38 bits per heavy atom. The number of aromatic nitrogens is 1. The summed E-state index contributed by atoms with van der Waals surface area (Å²) in [5, 5.41) is 2.90. The first-order valence-electron chi connectivity index (χ1n) is 5.50. The summed E-state index contributed by atoms with van der Waals surface area (Å²) in [6, 6.07) is 1.68. The number of amides is 1. The van der Waals surface area contributed by atoms with E-state index in [-0.39, 0.29) is 5.91 Å². The lowest BCUT2D eigenvalue weighted by atomic mass is 9.85. The first-order chi connectivity index (χ1) is 7.81. The molecule has 0 radical (unpaired) electrons. The van der Waals surface area contributed by atoms with Gasteiger partial charge in [-0.2, -0.15) is 0 Å². The Hall–Kier alpha value is -1.62. The van der Waals surface area contributed by atoms with E-state index < -0.39 is 0 Å². The zero-order valence-electron chi connectivity index (χ0n) is 9.07. The maximum absolute atomic E-state index is 11.8. The average molecular weight is 220 g/mol. The van der Waals surface area contributed by atoms with E-state index in [0.717, 1.165) is 6.54 Å². The monoisotopic (exact) mass is 220 g/mol. The van der Waals surface area contributed by atoms with Crippen molar-refractivity contribution in [3.05, 3.63) is 24.0 Å². The van der Waals surface area contributed by atoms with E-state index in [2.05, 4.69) is 15.7 Å². The summed E-state index contributed by atoms with van der Waals surface area (Å²) in [4.78, 5) is 15.7. The van der Waals surface area contributed by atoms with Gasteiger partial charge in [0.25, 0.3) is 5.91 Å². The lowest BCUT2D eigenvalue weighted by molar-refractivity contribution is 0.0939. The van der Waals surface area contributed by atoms with Crippen molar-refractivity contribution in [2.75, 3.05) is 12.0 Å². The number of hydrogen-bond donors (Lipinski definition) is 3. The van der Waals surface area contributed by atoms with Gasteiger partial charge in [-0.05, 0) is 24.8 Å². The largest absolute Gasteiger partial charge is 0.352 e. The molecule has 0 aliphatic heterocycles. The second kappa shape index (κ2) is 4.94. The minimum Gasteiger partial charge on any atom is -0.352 e. The van der Waals surface area contributed by atoms with Crippen LogP contribution >= 0.6 is 0 Å². The van der Waals surface area contributed by atoms with Crippen molar-refractivity contribution in [1.82, 2.24) is 10.3 Å². The predicted octanol–water partition coefficient (Wildman–Crippen LogP) is 0.897. The van der Waals surface area contributed by atoms with Crippen LogP contribution < -0.4 is 16.6 Å². The Kier molecular flexibility index (Phi) is 3.36. The highest BCUT2D eigenvalue weighted by Gasteiger charge is 2.19. The van der Waals surface area contributed by atoms with Crippen molar-refractivity contribution < 1.29 is 4.79 Å². The summed E-state index contributed by atoms with van der Waals surface area (Å²) in [7, 11) is 0. The normalized spacial score (nSPS) is 15.3. The van der Waals surface area contributed by atoms with Gasteiger partial charge in [0.15, 0.2) is 0 Å². The van der Waals surface area contributed by atoms with Crippen LogP contribution in [0.2, 0.25) is 0 Å². The summed E-state index contributed by atoms with van der Waals surface area (Å²) in [6.07, 6.45) is 6.83. The number of pyridine rings is 1. The van der Waals surface area contributed by atoms with Crippen LogP contribution in [0.1, 0.15) is 29.6 Å². The molecule has 1 aromatic rings.